The van der Waals surface area contributed by atoms with Gasteiger partial charge in [-0.05, 0) is 12.0 Å². The molecule has 0 amide bonds. The fourth-order valence-corrected chi connectivity index (χ4v) is 0.958. The number of aliphatic hydroxyl groups excluding tert-OH is 1. The first-order valence-electron chi connectivity index (χ1n) is 4.12. The van der Waals surface area contributed by atoms with E-state index in [0.29, 0.717) is 17.4 Å². The molecular weight excluding hydrogens is 164 g/mol. The molecule has 1 heterocycles. The van der Waals surface area contributed by atoms with E-state index in [2.05, 4.69) is 15.9 Å². The van der Waals surface area contributed by atoms with E-state index in [1.807, 2.05) is 13.8 Å². The van der Waals surface area contributed by atoms with Crippen LogP contribution in [-0.2, 0) is 6.61 Å². The predicted molar refractivity (Wildman–Crippen MR) is 50.0 cm³/mol. The molecule has 0 aliphatic carbocycles. The quantitative estimate of drug-likeness (QED) is 0.686. The van der Waals surface area contributed by atoms with Crippen LogP contribution in [0.4, 0.5) is 0 Å². The zero-order valence-electron chi connectivity index (χ0n) is 7.78. The second kappa shape index (κ2) is 4.01. The first-order chi connectivity index (χ1) is 6.17. The van der Waals surface area contributed by atoms with Crippen LogP contribution < -0.4 is 0 Å². The number of hydrogen-bond donors (Lipinski definition) is 1. The fraction of sp³-hybridized carbons (Fsp3) is 0.400. The highest BCUT2D eigenvalue weighted by Crippen LogP contribution is 2.12. The summed E-state index contributed by atoms with van der Waals surface area (Å²) in [4.78, 5) is 8.10. The third-order valence-electron chi connectivity index (χ3n) is 1.67. The molecule has 0 saturated carbocycles. The minimum Gasteiger partial charge on any atom is -0.388 e. The standard InChI is InChI=1S/C10H12N2O/c1-4-8-5-9(7(2)3)12-10(6-13)11-8/h1,5,7,13H,6H2,2-3H3. The molecule has 1 N–H and O–H groups in total. The van der Waals surface area contributed by atoms with Crippen molar-refractivity contribution < 1.29 is 5.11 Å². The van der Waals surface area contributed by atoms with Gasteiger partial charge in [0, 0.05) is 5.69 Å². The Labute approximate surface area is 77.9 Å². The Morgan fingerprint density at radius 1 is 1.54 bits per heavy atom. The van der Waals surface area contributed by atoms with Crippen molar-refractivity contribution in [2.45, 2.75) is 26.4 Å². The van der Waals surface area contributed by atoms with Crippen LogP contribution in [0.1, 0.15) is 37.0 Å². The van der Waals surface area contributed by atoms with Gasteiger partial charge in [-0.15, -0.1) is 6.42 Å². The highest BCUT2D eigenvalue weighted by Gasteiger charge is 2.05. The summed E-state index contributed by atoms with van der Waals surface area (Å²) in [6.45, 7) is 3.86. The van der Waals surface area contributed by atoms with Gasteiger partial charge in [0.1, 0.15) is 12.3 Å². The highest BCUT2D eigenvalue weighted by atomic mass is 16.3. The summed E-state index contributed by atoms with van der Waals surface area (Å²) >= 11 is 0. The summed E-state index contributed by atoms with van der Waals surface area (Å²) in [7, 11) is 0. The van der Waals surface area contributed by atoms with Crippen LogP contribution in [0.5, 0.6) is 0 Å². The number of nitrogens with zero attached hydrogens (tertiary/aromatic N) is 2. The fourth-order valence-electron chi connectivity index (χ4n) is 0.958. The lowest BCUT2D eigenvalue weighted by Crippen LogP contribution is -2.02. The van der Waals surface area contributed by atoms with Gasteiger partial charge >= 0.3 is 0 Å². The predicted octanol–water partition coefficient (Wildman–Crippen LogP) is 1.07. The monoisotopic (exact) mass is 176 g/mol. The van der Waals surface area contributed by atoms with E-state index < -0.39 is 0 Å². The molecule has 1 aromatic rings. The van der Waals surface area contributed by atoms with E-state index >= 15 is 0 Å². The van der Waals surface area contributed by atoms with Gasteiger partial charge in [-0.25, -0.2) is 9.97 Å². The van der Waals surface area contributed by atoms with Gasteiger partial charge in [0.15, 0.2) is 5.82 Å². The molecule has 0 atom stereocenters. The summed E-state index contributed by atoms with van der Waals surface area (Å²) in [5, 5.41) is 8.87. The normalized spacial score (nSPS) is 10.1. The number of terminal acetylenes is 1. The molecule has 0 saturated heterocycles. The molecule has 68 valence electrons. The van der Waals surface area contributed by atoms with Gasteiger partial charge in [0.05, 0.1) is 0 Å². The van der Waals surface area contributed by atoms with Crippen molar-refractivity contribution >= 4 is 0 Å². The van der Waals surface area contributed by atoms with Gasteiger partial charge in [0.2, 0.25) is 0 Å². The maximum atomic E-state index is 8.87. The number of rotatable bonds is 2. The highest BCUT2D eigenvalue weighted by molar-refractivity contribution is 5.27. The third-order valence-corrected chi connectivity index (χ3v) is 1.67. The molecule has 0 radical (unpaired) electrons. The van der Waals surface area contributed by atoms with Gasteiger partial charge < -0.3 is 5.11 Å². The second-order valence-corrected chi connectivity index (χ2v) is 3.05. The molecule has 0 bridgehead atoms. The van der Waals surface area contributed by atoms with Crippen molar-refractivity contribution in [2.75, 3.05) is 0 Å². The Morgan fingerprint density at radius 2 is 2.23 bits per heavy atom. The van der Waals surface area contributed by atoms with Crippen LogP contribution in [0.15, 0.2) is 6.07 Å². The number of aromatic nitrogens is 2. The van der Waals surface area contributed by atoms with Crippen LogP contribution in [-0.4, -0.2) is 15.1 Å². The first-order valence-corrected chi connectivity index (χ1v) is 4.12. The van der Waals surface area contributed by atoms with Crippen LogP contribution in [0, 0.1) is 12.3 Å². The van der Waals surface area contributed by atoms with Crippen molar-refractivity contribution in [1.82, 2.24) is 9.97 Å². The molecule has 1 aromatic heterocycles. The van der Waals surface area contributed by atoms with E-state index in [-0.39, 0.29) is 6.61 Å². The smallest absolute Gasteiger partial charge is 0.155 e. The van der Waals surface area contributed by atoms with Crippen molar-refractivity contribution in [3.8, 4) is 12.3 Å². The molecule has 3 heteroatoms. The van der Waals surface area contributed by atoms with E-state index in [1.165, 1.54) is 0 Å². The zero-order valence-corrected chi connectivity index (χ0v) is 7.78. The summed E-state index contributed by atoms with van der Waals surface area (Å²) in [6, 6.07) is 1.77. The van der Waals surface area contributed by atoms with Gasteiger partial charge in [0.25, 0.3) is 0 Å². The molecule has 0 spiro atoms. The minimum atomic E-state index is -0.171. The molecular formula is C10H12N2O. The van der Waals surface area contributed by atoms with Crippen LogP contribution >= 0.6 is 0 Å². The average molecular weight is 176 g/mol. The molecule has 0 aromatic carbocycles. The summed E-state index contributed by atoms with van der Waals surface area (Å²) in [6.07, 6.45) is 5.22. The minimum absolute atomic E-state index is 0.171. The van der Waals surface area contributed by atoms with Crippen LogP contribution in [0.3, 0.4) is 0 Å². The van der Waals surface area contributed by atoms with Crippen molar-refractivity contribution in [1.29, 1.82) is 0 Å². The SMILES string of the molecule is C#Cc1cc(C(C)C)nc(CO)n1. The molecule has 0 aliphatic rings. The summed E-state index contributed by atoms with van der Waals surface area (Å²) in [5.74, 6) is 3.11. The molecule has 0 unspecified atom stereocenters. The van der Waals surface area contributed by atoms with Gasteiger partial charge in [-0.2, -0.15) is 0 Å². The van der Waals surface area contributed by atoms with E-state index in [1.54, 1.807) is 6.07 Å². The van der Waals surface area contributed by atoms with Crippen molar-refractivity contribution in [3.63, 3.8) is 0 Å². The number of hydrogen-bond acceptors (Lipinski definition) is 3. The lowest BCUT2D eigenvalue weighted by Gasteiger charge is -2.05. The Kier molecular flexibility index (Phi) is 2.99. The first kappa shape index (κ1) is 9.69. The lowest BCUT2D eigenvalue weighted by atomic mass is 10.1. The number of aliphatic hydroxyl groups is 1. The molecule has 1 rings (SSSR count). The van der Waals surface area contributed by atoms with Crippen LogP contribution in [0.25, 0.3) is 0 Å². The molecule has 0 fully saturated rings. The van der Waals surface area contributed by atoms with Crippen molar-refractivity contribution in [3.05, 3.63) is 23.3 Å². The summed E-state index contributed by atoms with van der Waals surface area (Å²) < 4.78 is 0. The van der Waals surface area contributed by atoms with E-state index in [0.717, 1.165) is 5.69 Å². The zero-order chi connectivity index (χ0) is 9.84. The Hall–Kier alpha value is -1.40. The van der Waals surface area contributed by atoms with Crippen LogP contribution in [0.2, 0.25) is 0 Å². The Morgan fingerprint density at radius 3 is 2.69 bits per heavy atom. The lowest BCUT2D eigenvalue weighted by molar-refractivity contribution is 0.270. The third kappa shape index (κ3) is 2.27. The van der Waals surface area contributed by atoms with E-state index in [4.69, 9.17) is 11.5 Å². The second-order valence-electron chi connectivity index (χ2n) is 3.05. The Balaban J connectivity index is 3.17. The topological polar surface area (TPSA) is 46.0 Å². The van der Waals surface area contributed by atoms with Gasteiger partial charge in [-0.1, -0.05) is 19.8 Å². The molecule has 13 heavy (non-hydrogen) atoms. The largest absolute Gasteiger partial charge is 0.388 e. The van der Waals surface area contributed by atoms with E-state index in [9.17, 15) is 0 Å². The molecule has 3 nitrogen and oxygen atoms in total. The Bertz CT molecular complexity index is 339. The summed E-state index contributed by atoms with van der Waals surface area (Å²) in [5.41, 5.74) is 1.40. The van der Waals surface area contributed by atoms with Gasteiger partial charge in [-0.3, -0.25) is 0 Å². The maximum Gasteiger partial charge on any atom is 0.155 e. The maximum absolute atomic E-state index is 8.87. The van der Waals surface area contributed by atoms with Crippen molar-refractivity contribution in [2.24, 2.45) is 0 Å². The molecule has 0 aliphatic heterocycles. The average Bonchev–Trinajstić information content (AvgIpc) is 2.16.